The number of nitrogens with zero attached hydrogens (tertiary/aromatic N) is 1. The van der Waals surface area contributed by atoms with Crippen LogP contribution in [-0.2, 0) is 17.3 Å². The summed E-state index contributed by atoms with van der Waals surface area (Å²) in [6.07, 6.45) is 3.34. The Morgan fingerprint density at radius 3 is 2.88 bits per heavy atom. The van der Waals surface area contributed by atoms with E-state index in [0.29, 0.717) is 30.2 Å². The number of nitrogens with one attached hydrogen (secondary N) is 1. The fraction of sp³-hybridized carbons (Fsp3) is 0.500. The molecule has 0 aliphatic rings. The van der Waals surface area contributed by atoms with Crippen LogP contribution < -0.4 is 11.1 Å². The molecule has 1 heterocycles. The Balaban J connectivity index is 2.61. The van der Waals surface area contributed by atoms with Crippen molar-refractivity contribution in [2.45, 2.75) is 13.5 Å². The largest absolute Gasteiger partial charge is 0.397 e. The van der Waals surface area contributed by atoms with E-state index in [4.69, 9.17) is 5.73 Å². The van der Waals surface area contributed by atoms with Gasteiger partial charge in [-0.25, -0.2) is 0 Å². The van der Waals surface area contributed by atoms with Gasteiger partial charge in [0.2, 0.25) is 0 Å². The molecule has 3 N–H and O–H groups in total. The predicted octanol–water partition coefficient (Wildman–Crippen LogP) is 0.198. The minimum atomic E-state index is -0.887. The van der Waals surface area contributed by atoms with Gasteiger partial charge in [0, 0.05) is 42.1 Å². The smallest absolute Gasteiger partial charge is 0.268 e. The van der Waals surface area contributed by atoms with Gasteiger partial charge in [-0.05, 0) is 13.0 Å². The quantitative estimate of drug-likeness (QED) is 0.775. The van der Waals surface area contributed by atoms with Gasteiger partial charge in [0.05, 0.1) is 5.69 Å². The van der Waals surface area contributed by atoms with Gasteiger partial charge in [0.15, 0.2) is 0 Å². The number of hydrogen-bond donors (Lipinski definition) is 2. The number of amides is 1. The lowest BCUT2D eigenvalue weighted by molar-refractivity contribution is 0.0947. The van der Waals surface area contributed by atoms with E-state index in [9.17, 15) is 9.00 Å². The first-order chi connectivity index (χ1) is 7.54. The third-order valence-electron chi connectivity index (χ3n) is 2.17. The lowest BCUT2D eigenvalue weighted by Crippen LogP contribution is -2.29. The van der Waals surface area contributed by atoms with Gasteiger partial charge in [-0.15, -0.1) is 0 Å². The summed E-state index contributed by atoms with van der Waals surface area (Å²) in [5.74, 6) is 0.289. The normalized spacial score (nSPS) is 12.4. The summed E-state index contributed by atoms with van der Waals surface area (Å²) < 4.78 is 12.6. The molecule has 1 atom stereocenters. The number of nitrogens with two attached hydrogens (primary N) is 1. The van der Waals surface area contributed by atoms with Gasteiger partial charge in [-0.1, -0.05) is 0 Å². The Bertz CT molecular complexity index is 401. The number of carbonyl (C=O) groups excluding carboxylic acids is 1. The second-order valence-electron chi connectivity index (χ2n) is 3.48. The molecule has 90 valence electrons. The van der Waals surface area contributed by atoms with Gasteiger partial charge in [-0.3, -0.25) is 9.00 Å². The van der Waals surface area contributed by atoms with Crippen molar-refractivity contribution in [2.75, 3.05) is 24.3 Å². The molecule has 0 aromatic carbocycles. The van der Waals surface area contributed by atoms with Crippen molar-refractivity contribution in [2.24, 2.45) is 0 Å². The summed E-state index contributed by atoms with van der Waals surface area (Å²) in [4.78, 5) is 11.7. The number of aromatic nitrogens is 1. The third-order valence-corrected chi connectivity index (χ3v) is 2.95. The molecule has 16 heavy (non-hydrogen) atoms. The highest BCUT2D eigenvalue weighted by Crippen LogP contribution is 2.10. The van der Waals surface area contributed by atoms with Crippen molar-refractivity contribution in [1.82, 2.24) is 9.88 Å². The summed E-state index contributed by atoms with van der Waals surface area (Å²) in [5.41, 5.74) is 6.74. The third kappa shape index (κ3) is 3.37. The van der Waals surface area contributed by atoms with Crippen LogP contribution in [0.3, 0.4) is 0 Å². The summed E-state index contributed by atoms with van der Waals surface area (Å²) >= 11 is 0. The number of aryl methyl sites for hydroxylation is 1. The van der Waals surface area contributed by atoms with Crippen LogP contribution in [0.2, 0.25) is 0 Å². The Labute approximate surface area is 97.5 Å². The number of hydrogen-bond acceptors (Lipinski definition) is 3. The molecule has 0 aliphatic heterocycles. The molecule has 1 aromatic heterocycles. The van der Waals surface area contributed by atoms with Crippen molar-refractivity contribution in [1.29, 1.82) is 0 Å². The molecular weight excluding hydrogens is 226 g/mol. The fourth-order valence-corrected chi connectivity index (χ4v) is 1.77. The van der Waals surface area contributed by atoms with Crippen molar-refractivity contribution in [3.05, 3.63) is 18.0 Å². The fourth-order valence-electron chi connectivity index (χ4n) is 1.38. The second kappa shape index (κ2) is 5.69. The molecule has 1 aromatic rings. The molecular formula is C10H17N3O2S. The lowest BCUT2D eigenvalue weighted by Gasteiger charge is -2.06. The topological polar surface area (TPSA) is 77.1 Å². The zero-order valence-electron chi connectivity index (χ0n) is 9.53. The first-order valence-corrected chi connectivity index (χ1v) is 6.81. The standard InChI is InChI=1S/C10H17N3O2S/c1-3-13-7-8(11)6-9(13)10(14)12-4-5-16(2)15/h6-7H,3-5,11H2,1-2H3,(H,12,14). The van der Waals surface area contributed by atoms with Crippen molar-refractivity contribution in [3.63, 3.8) is 0 Å². The molecule has 0 spiro atoms. The Kier molecular flexibility index (Phi) is 4.54. The highest BCUT2D eigenvalue weighted by atomic mass is 32.2. The number of rotatable bonds is 5. The average molecular weight is 243 g/mol. The van der Waals surface area contributed by atoms with Crippen LogP contribution in [0, 0.1) is 0 Å². The minimum Gasteiger partial charge on any atom is -0.397 e. The molecule has 1 rings (SSSR count). The van der Waals surface area contributed by atoms with E-state index in [1.54, 1.807) is 23.1 Å². The maximum absolute atomic E-state index is 11.7. The average Bonchev–Trinajstić information content (AvgIpc) is 2.59. The van der Waals surface area contributed by atoms with Crippen LogP contribution in [0.15, 0.2) is 12.3 Å². The molecule has 0 aliphatic carbocycles. The van der Waals surface area contributed by atoms with Crippen molar-refractivity contribution >= 4 is 22.4 Å². The number of carbonyl (C=O) groups is 1. The second-order valence-corrected chi connectivity index (χ2v) is 5.03. The predicted molar refractivity (Wildman–Crippen MR) is 65.8 cm³/mol. The summed E-state index contributed by atoms with van der Waals surface area (Å²) in [5, 5.41) is 2.71. The highest BCUT2D eigenvalue weighted by molar-refractivity contribution is 7.84. The first kappa shape index (κ1) is 12.8. The maximum atomic E-state index is 11.7. The number of anilines is 1. The summed E-state index contributed by atoms with van der Waals surface area (Å²) in [6, 6.07) is 1.64. The van der Waals surface area contributed by atoms with Gasteiger partial charge < -0.3 is 15.6 Å². The van der Waals surface area contributed by atoms with Crippen LogP contribution in [-0.4, -0.2) is 33.2 Å². The van der Waals surface area contributed by atoms with Crippen LogP contribution in [0.25, 0.3) is 0 Å². The van der Waals surface area contributed by atoms with E-state index in [0.717, 1.165) is 0 Å². The van der Waals surface area contributed by atoms with Crippen LogP contribution in [0.5, 0.6) is 0 Å². The molecule has 0 saturated heterocycles. The number of nitrogen functional groups attached to an aromatic ring is 1. The zero-order chi connectivity index (χ0) is 12.1. The minimum absolute atomic E-state index is 0.177. The summed E-state index contributed by atoms with van der Waals surface area (Å²) in [7, 11) is -0.887. The van der Waals surface area contributed by atoms with Crippen molar-refractivity contribution < 1.29 is 9.00 Å². The molecule has 1 amide bonds. The van der Waals surface area contributed by atoms with E-state index >= 15 is 0 Å². The molecule has 0 fully saturated rings. The molecule has 1 unspecified atom stereocenters. The molecule has 5 nitrogen and oxygen atoms in total. The summed E-state index contributed by atoms with van der Waals surface area (Å²) in [6.45, 7) is 3.05. The zero-order valence-corrected chi connectivity index (χ0v) is 10.3. The van der Waals surface area contributed by atoms with Gasteiger partial charge in [0.1, 0.15) is 5.69 Å². The van der Waals surface area contributed by atoms with Crippen molar-refractivity contribution in [3.8, 4) is 0 Å². The molecule has 6 heteroatoms. The molecule has 0 bridgehead atoms. The van der Waals surface area contributed by atoms with E-state index in [1.165, 1.54) is 0 Å². The maximum Gasteiger partial charge on any atom is 0.268 e. The molecule has 0 radical (unpaired) electrons. The van der Waals surface area contributed by atoms with Crippen LogP contribution >= 0.6 is 0 Å². The first-order valence-electron chi connectivity index (χ1n) is 5.08. The van der Waals surface area contributed by atoms with E-state index in [2.05, 4.69) is 5.32 Å². The Hall–Kier alpha value is -1.30. The lowest BCUT2D eigenvalue weighted by atomic mass is 10.4. The van der Waals surface area contributed by atoms with Gasteiger partial charge in [0.25, 0.3) is 5.91 Å². The van der Waals surface area contributed by atoms with Gasteiger partial charge >= 0.3 is 0 Å². The van der Waals surface area contributed by atoms with E-state index in [1.807, 2.05) is 6.92 Å². The Morgan fingerprint density at radius 1 is 1.62 bits per heavy atom. The van der Waals surface area contributed by atoms with Crippen LogP contribution in [0.4, 0.5) is 5.69 Å². The highest BCUT2D eigenvalue weighted by Gasteiger charge is 2.11. The van der Waals surface area contributed by atoms with Gasteiger partial charge in [-0.2, -0.15) is 0 Å². The monoisotopic (exact) mass is 243 g/mol. The Morgan fingerprint density at radius 2 is 2.31 bits per heavy atom. The SMILES string of the molecule is CCn1cc(N)cc1C(=O)NCCS(C)=O. The van der Waals surface area contributed by atoms with E-state index < -0.39 is 10.8 Å². The van der Waals surface area contributed by atoms with E-state index in [-0.39, 0.29) is 5.91 Å². The molecule has 0 saturated carbocycles. The van der Waals surface area contributed by atoms with Crippen LogP contribution in [0.1, 0.15) is 17.4 Å².